The van der Waals surface area contributed by atoms with Gasteiger partial charge in [-0.3, -0.25) is 5.10 Å². The topological polar surface area (TPSA) is 88.7 Å². The number of imidazole rings is 1. The molecule has 0 saturated heterocycles. The number of aromatic nitrogens is 7. The second-order valence-electron chi connectivity index (χ2n) is 8.91. The van der Waals surface area contributed by atoms with Crippen LogP contribution in [-0.2, 0) is 13.1 Å². The molecule has 162 valence electrons. The number of hydrogen-bond donors (Lipinski definition) is 2. The highest BCUT2D eigenvalue weighted by Gasteiger charge is 2.16. The molecule has 0 radical (unpaired) electrons. The van der Waals surface area contributed by atoms with Crippen LogP contribution in [0, 0.1) is 12.8 Å². The van der Waals surface area contributed by atoms with Crippen molar-refractivity contribution in [2.45, 2.75) is 39.3 Å². The molecule has 1 aliphatic carbocycles. The lowest BCUT2D eigenvalue weighted by Gasteiger charge is -2.25. The van der Waals surface area contributed by atoms with E-state index >= 15 is 0 Å². The van der Waals surface area contributed by atoms with Crippen LogP contribution in [0.1, 0.15) is 36.1 Å². The van der Waals surface area contributed by atoms with Gasteiger partial charge in [-0.1, -0.05) is 17.7 Å². The normalized spacial score (nSPS) is 14.4. The Kier molecular flexibility index (Phi) is 4.72. The molecule has 1 saturated carbocycles. The van der Waals surface area contributed by atoms with Crippen molar-refractivity contribution in [2.75, 3.05) is 6.54 Å². The molecule has 6 rings (SSSR count). The van der Waals surface area contributed by atoms with Gasteiger partial charge in [0.25, 0.3) is 0 Å². The molecule has 0 spiro atoms. The first-order valence-corrected chi connectivity index (χ1v) is 11.2. The van der Waals surface area contributed by atoms with Gasteiger partial charge in [-0.2, -0.15) is 5.10 Å². The molecule has 8 nitrogen and oxygen atoms in total. The molecule has 1 aliphatic rings. The Morgan fingerprint density at radius 1 is 1.16 bits per heavy atom. The lowest BCUT2D eigenvalue weighted by atomic mass is 9.85. The van der Waals surface area contributed by atoms with Gasteiger partial charge in [0.05, 0.1) is 30.1 Å². The van der Waals surface area contributed by atoms with Crippen LogP contribution in [0.2, 0.25) is 0 Å². The number of aromatic amines is 1. The predicted octanol–water partition coefficient (Wildman–Crippen LogP) is 3.72. The summed E-state index contributed by atoms with van der Waals surface area (Å²) in [7, 11) is 0. The summed E-state index contributed by atoms with van der Waals surface area (Å²) in [5.41, 5.74) is 7.21. The van der Waals surface area contributed by atoms with Crippen LogP contribution >= 0.6 is 0 Å². The van der Waals surface area contributed by atoms with Crippen molar-refractivity contribution >= 4 is 16.6 Å². The van der Waals surface area contributed by atoms with Crippen LogP contribution in [0.15, 0.2) is 49.1 Å². The van der Waals surface area contributed by atoms with Gasteiger partial charge in [0, 0.05) is 29.9 Å². The first-order chi connectivity index (χ1) is 15.7. The molecule has 2 N–H and O–H groups in total. The molecule has 1 aromatic carbocycles. The van der Waals surface area contributed by atoms with E-state index < -0.39 is 0 Å². The Labute approximate surface area is 185 Å². The van der Waals surface area contributed by atoms with Crippen LogP contribution in [0.4, 0.5) is 0 Å². The van der Waals surface area contributed by atoms with Crippen molar-refractivity contribution in [3.63, 3.8) is 0 Å². The maximum Gasteiger partial charge on any atom is 0.137 e. The summed E-state index contributed by atoms with van der Waals surface area (Å²) in [5, 5.41) is 20.6. The lowest BCUT2D eigenvalue weighted by Crippen LogP contribution is -2.26. The van der Waals surface area contributed by atoms with Crippen LogP contribution in [0.25, 0.3) is 27.8 Å². The van der Waals surface area contributed by atoms with E-state index in [2.05, 4.69) is 73.8 Å². The van der Waals surface area contributed by atoms with Crippen molar-refractivity contribution in [1.82, 2.24) is 39.9 Å². The third kappa shape index (κ3) is 3.67. The molecule has 0 bridgehead atoms. The highest BCUT2D eigenvalue weighted by atomic mass is 15.4. The zero-order chi connectivity index (χ0) is 21.5. The SMILES string of the molecule is Cc1cc(-c2cn(Cc3cn4cc(CNCC5CCC5)ccc4n3)nn2)c2cn[nH]c2c1. The van der Waals surface area contributed by atoms with Crippen molar-refractivity contribution < 1.29 is 0 Å². The van der Waals surface area contributed by atoms with Gasteiger partial charge in [0.1, 0.15) is 11.3 Å². The molecular formula is C24H26N8. The first-order valence-electron chi connectivity index (χ1n) is 11.2. The Balaban J connectivity index is 1.19. The first kappa shape index (κ1) is 19.2. The third-order valence-corrected chi connectivity index (χ3v) is 6.39. The van der Waals surface area contributed by atoms with Crippen molar-refractivity contribution in [1.29, 1.82) is 0 Å². The second kappa shape index (κ2) is 7.87. The summed E-state index contributed by atoms with van der Waals surface area (Å²) in [6.45, 7) is 4.66. The fourth-order valence-electron chi connectivity index (χ4n) is 4.46. The largest absolute Gasteiger partial charge is 0.312 e. The minimum Gasteiger partial charge on any atom is -0.312 e. The summed E-state index contributed by atoms with van der Waals surface area (Å²) >= 11 is 0. The number of pyridine rings is 1. The van der Waals surface area contributed by atoms with Gasteiger partial charge in [-0.25, -0.2) is 9.67 Å². The standard InChI is InChI=1S/C24H26N8/c1-16-7-20(21-11-26-28-22(21)8-16)23-15-32(30-29-23)14-19-13-31-12-18(5-6-24(31)27-19)10-25-9-17-3-2-4-17/h5-8,11-13,15,17,25H,2-4,9-10,14H2,1H3,(H,26,28). The van der Waals surface area contributed by atoms with E-state index in [1.54, 1.807) is 0 Å². The Morgan fingerprint density at radius 3 is 2.97 bits per heavy atom. The number of H-pyrrole nitrogens is 1. The van der Waals surface area contributed by atoms with Crippen LogP contribution in [0.3, 0.4) is 0 Å². The number of nitrogens with zero attached hydrogens (tertiary/aromatic N) is 6. The average Bonchev–Trinajstić information content (AvgIpc) is 3.48. The molecule has 0 aliphatic heterocycles. The van der Waals surface area contributed by atoms with Gasteiger partial charge in [0.2, 0.25) is 0 Å². The number of benzene rings is 1. The van der Waals surface area contributed by atoms with Gasteiger partial charge in [-0.05, 0) is 61.6 Å². The Hall–Kier alpha value is -3.52. The highest BCUT2D eigenvalue weighted by molar-refractivity contribution is 5.93. The monoisotopic (exact) mass is 426 g/mol. The van der Waals surface area contributed by atoms with Crippen LogP contribution in [-0.4, -0.2) is 41.1 Å². The minimum absolute atomic E-state index is 0.574. The maximum atomic E-state index is 4.76. The number of nitrogens with one attached hydrogen (secondary N) is 2. The molecule has 0 unspecified atom stereocenters. The number of hydrogen-bond acceptors (Lipinski definition) is 5. The molecular weight excluding hydrogens is 400 g/mol. The van der Waals surface area contributed by atoms with E-state index in [-0.39, 0.29) is 0 Å². The Morgan fingerprint density at radius 2 is 2.09 bits per heavy atom. The molecule has 0 atom stereocenters. The van der Waals surface area contributed by atoms with Crippen LogP contribution < -0.4 is 5.32 Å². The van der Waals surface area contributed by atoms with Gasteiger partial charge >= 0.3 is 0 Å². The van der Waals surface area contributed by atoms with Gasteiger partial charge < -0.3 is 9.72 Å². The zero-order valence-electron chi connectivity index (χ0n) is 18.1. The predicted molar refractivity (Wildman–Crippen MR) is 123 cm³/mol. The quantitative estimate of drug-likeness (QED) is 0.414. The van der Waals surface area contributed by atoms with E-state index in [9.17, 15) is 0 Å². The average molecular weight is 427 g/mol. The number of fused-ring (bicyclic) bond motifs is 2. The Bertz CT molecular complexity index is 1390. The summed E-state index contributed by atoms with van der Waals surface area (Å²) in [6.07, 6.45) is 12.2. The maximum absolute atomic E-state index is 4.76. The van der Waals surface area contributed by atoms with Crippen molar-refractivity contribution in [3.8, 4) is 11.3 Å². The lowest BCUT2D eigenvalue weighted by molar-refractivity contribution is 0.301. The molecule has 1 fully saturated rings. The highest BCUT2D eigenvalue weighted by Crippen LogP contribution is 2.27. The molecule has 4 aromatic heterocycles. The molecule has 5 aromatic rings. The van der Waals surface area contributed by atoms with E-state index in [4.69, 9.17) is 4.98 Å². The van der Waals surface area contributed by atoms with Crippen molar-refractivity contribution in [3.05, 3.63) is 65.9 Å². The number of rotatable bonds is 7. The van der Waals surface area contributed by atoms with Gasteiger partial charge in [-0.15, -0.1) is 5.10 Å². The fourth-order valence-corrected chi connectivity index (χ4v) is 4.46. The third-order valence-electron chi connectivity index (χ3n) is 6.39. The minimum atomic E-state index is 0.574. The van der Waals surface area contributed by atoms with E-state index in [1.807, 2.05) is 17.1 Å². The number of aryl methyl sites for hydroxylation is 1. The molecule has 32 heavy (non-hydrogen) atoms. The van der Waals surface area contributed by atoms with E-state index in [1.165, 1.54) is 24.8 Å². The van der Waals surface area contributed by atoms with Gasteiger partial charge in [0.15, 0.2) is 0 Å². The molecule has 0 amide bonds. The smallest absolute Gasteiger partial charge is 0.137 e. The van der Waals surface area contributed by atoms with E-state index in [0.717, 1.165) is 58.1 Å². The summed E-state index contributed by atoms with van der Waals surface area (Å²) in [4.78, 5) is 4.76. The van der Waals surface area contributed by atoms with Crippen LogP contribution in [0.5, 0.6) is 0 Å². The van der Waals surface area contributed by atoms with E-state index in [0.29, 0.717) is 6.54 Å². The summed E-state index contributed by atoms with van der Waals surface area (Å²) in [6, 6.07) is 8.45. The fraction of sp³-hybridized carbons (Fsp3) is 0.333. The second-order valence-corrected chi connectivity index (χ2v) is 8.91. The van der Waals surface area contributed by atoms with Crippen molar-refractivity contribution in [2.24, 2.45) is 5.92 Å². The zero-order valence-corrected chi connectivity index (χ0v) is 18.1. The molecule has 8 heteroatoms. The molecule has 4 heterocycles. The summed E-state index contributed by atoms with van der Waals surface area (Å²) in [5.74, 6) is 0.871. The summed E-state index contributed by atoms with van der Waals surface area (Å²) < 4.78 is 3.94.